The average molecular weight is 375 g/mol. The van der Waals surface area contributed by atoms with Crippen molar-refractivity contribution < 1.29 is 28.6 Å². The van der Waals surface area contributed by atoms with Crippen LogP contribution >= 0.6 is 0 Å². The Kier molecular flexibility index (Phi) is 7.31. The van der Waals surface area contributed by atoms with Crippen molar-refractivity contribution >= 4 is 11.9 Å². The lowest BCUT2D eigenvalue weighted by Gasteiger charge is -2.16. The summed E-state index contributed by atoms with van der Waals surface area (Å²) in [5.41, 5.74) is 0.866. The van der Waals surface area contributed by atoms with Crippen molar-refractivity contribution in [3.05, 3.63) is 65.0 Å². The van der Waals surface area contributed by atoms with Gasteiger partial charge in [0.25, 0.3) is 5.91 Å². The SMILES string of the molecule is COCCCOc1cccc(C(=O)NC(C(=O)O)c2ccc(F)c(C)c2)c1. The maximum atomic E-state index is 13.4. The molecule has 0 radical (unpaired) electrons. The van der Waals surface area contributed by atoms with E-state index < -0.39 is 23.7 Å². The first-order valence-corrected chi connectivity index (χ1v) is 8.44. The highest BCUT2D eigenvalue weighted by Gasteiger charge is 2.23. The van der Waals surface area contributed by atoms with E-state index in [-0.39, 0.29) is 5.56 Å². The molecule has 2 rings (SSSR count). The third kappa shape index (κ3) is 5.79. The number of halogens is 1. The summed E-state index contributed by atoms with van der Waals surface area (Å²) < 4.78 is 23.9. The van der Waals surface area contributed by atoms with Gasteiger partial charge >= 0.3 is 5.97 Å². The number of aliphatic carboxylic acids is 1. The molecule has 0 aliphatic heterocycles. The fourth-order valence-corrected chi connectivity index (χ4v) is 2.47. The molecule has 1 amide bonds. The second-order valence-electron chi connectivity index (χ2n) is 5.98. The van der Waals surface area contributed by atoms with Gasteiger partial charge in [0.1, 0.15) is 11.6 Å². The van der Waals surface area contributed by atoms with E-state index in [0.29, 0.717) is 36.5 Å². The first-order chi connectivity index (χ1) is 12.9. The Hall–Kier alpha value is -2.93. The first-order valence-electron chi connectivity index (χ1n) is 8.44. The van der Waals surface area contributed by atoms with Crippen LogP contribution in [0.3, 0.4) is 0 Å². The Balaban J connectivity index is 2.11. The van der Waals surface area contributed by atoms with Crippen LogP contribution in [0.1, 0.15) is 33.9 Å². The normalized spacial score (nSPS) is 11.7. The Morgan fingerprint density at radius 1 is 1.19 bits per heavy atom. The van der Waals surface area contributed by atoms with Crippen molar-refractivity contribution in [2.24, 2.45) is 0 Å². The van der Waals surface area contributed by atoms with Crippen LogP contribution in [0.5, 0.6) is 5.75 Å². The predicted molar refractivity (Wildman–Crippen MR) is 97.4 cm³/mol. The summed E-state index contributed by atoms with van der Waals surface area (Å²) in [6.45, 7) is 2.53. The fourth-order valence-electron chi connectivity index (χ4n) is 2.47. The van der Waals surface area contributed by atoms with Crippen LogP contribution in [0.4, 0.5) is 4.39 Å². The molecule has 0 saturated carbocycles. The van der Waals surface area contributed by atoms with Gasteiger partial charge in [0, 0.05) is 25.7 Å². The molecule has 0 fully saturated rings. The second kappa shape index (κ2) is 9.68. The third-order valence-corrected chi connectivity index (χ3v) is 3.90. The Morgan fingerprint density at radius 2 is 1.96 bits per heavy atom. The Morgan fingerprint density at radius 3 is 2.63 bits per heavy atom. The molecule has 0 aliphatic rings. The summed E-state index contributed by atoms with van der Waals surface area (Å²) in [5, 5.41) is 11.9. The molecule has 0 aromatic heterocycles. The highest BCUT2D eigenvalue weighted by Crippen LogP contribution is 2.19. The van der Waals surface area contributed by atoms with Crippen molar-refractivity contribution in [3.63, 3.8) is 0 Å². The van der Waals surface area contributed by atoms with Gasteiger partial charge in [0.15, 0.2) is 6.04 Å². The molecule has 27 heavy (non-hydrogen) atoms. The highest BCUT2D eigenvalue weighted by atomic mass is 19.1. The van der Waals surface area contributed by atoms with Crippen molar-refractivity contribution in [2.75, 3.05) is 20.3 Å². The van der Waals surface area contributed by atoms with Crippen LogP contribution in [-0.4, -0.2) is 37.3 Å². The number of carbonyl (C=O) groups is 2. The van der Waals surface area contributed by atoms with E-state index in [4.69, 9.17) is 9.47 Å². The second-order valence-corrected chi connectivity index (χ2v) is 5.98. The van der Waals surface area contributed by atoms with Crippen molar-refractivity contribution in [2.45, 2.75) is 19.4 Å². The Bertz CT molecular complexity index is 809. The molecule has 0 spiro atoms. The molecule has 2 aromatic carbocycles. The van der Waals surface area contributed by atoms with Crippen LogP contribution in [0.25, 0.3) is 0 Å². The van der Waals surface area contributed by atoms with E-state index >= 15 is 0 Å². The molecule has 2 aromatic rings. The number of carboxylic acids is 1. The zero-order chi connectivity index (χ0) is 19.8. The summed E-state index contributed by atoms with van der Waals surface area (Å²) in [6, 6.07) is 9.10. The molecule has 6 nitrogen and oxygen atoms in total. The molecular weight excluding hydrogens is 353 g/mol. The van der Waals surface area contributed by atoms with Gasteiger partial charge < -0.3 is 19.9 Å². The number of carbonyl (C=O) groups excluding carboxylic acids is 1. The maximum absolute atomic E-state index is 13.4. The van der Waals surface area contributed by atoms with E-state index in [0.717, 1.165) is 0 Å². The van der Waals surface area contributed by atoms with E-state index in [1.807, 2.05) is 0 Å². The molecule has 0 saturated heterocycles. The van der Waals surface area contributed by atoms with Crippen molar-refractivity contribution in [1.29, 1.82) is 0 Å². The standard InChI is InChI=1S/C20H22FNO5/c1-13-11-14(7-8-17(13)21)18(20(24)25)22-19(23)15-5-3-6-16(12-15)27-10-4-9-26-2/h3,5-8,11-12,18H,4,9-10H2,1-2H3,(H,22,23)(H,24,25). The minimum absolute atomic E-state index is 0.268. The Labute approximate surface area is 156 Å². The number of amides is 1. The van der Waals surface area contributed by atoms with Crippen LogP contribution in [0, 0.1) is 12.7 Å². The zero-order valence-electron chi connectivity index (χ0n) is 15.2. The first kappa shape index (κ1) is 20.4. The fraction of sp³-hybridized carbons (Fsp3) is 0.300. The van der Waals surface area contributed by atoms with E-state index in [1.54, 1.807) is 25.3 Å². The minimum Gasteiger partial charge on any atom is -0.493 e. The molecule has 2 N–H and O–H groups in total. The van der Waals surface area contributed by atoms with Gasteiger partial charge in [-0.3, -0.25) is 4.79 Å². The summed E-state index contributed by atoms with van der Waals surface area (Å²) in [6.07, 6.45) is 0.706. The number of hydrogen-bond donors (Lipinski definition) is 2. The molecule has 7 heteroatoms. The number of ether oxygens (including phenoxy) is 2. The van der Waals surface area contributed by atoms with Gasteiger partial charge in [0.05, 0.1) is 6.61 Å². The van der Waals surface area contributed by atoms with Gasteiger partial charge in [0.2, 0.25) is 0 Å². The lowest BCUT2D eigenvalue weighted by Crippen LogP contribution is -2.33. The number of benzene rings is 2. The molecule has 1 atom stereocenters. The summed E-state index contributed by atoms with van der Waals surface area (Å²) in [5.74, 6) is -1.73. The highest BCUT2D eigenvalue weighted by molar-refractivity contribution is 5.97. The quantitative estimate of drug-likeness (QED) is 0.658. The summed E-state index contributed by atoms with van der Waals surface area (Å²) in [4.78, 5) is 24.1. The zero-order valence-corrected chi connectivity index (χ0v) is 15.2. The molecule has 1 unspecified atom stereocenters. The van der Waals surface area contributed by atoms with Crippen LogP contribution in [0.2, 0.25) is 0 Å². The monoisotopic (exact) mass is 375 g/mol. The number of rotatable bonds is 9. The van der Waals surface area contributed by atoms with Gasteiger partial charge in [-0.05, 0) is 42.3 Å². The number of hydrogen-bond acceptors (Lipinski definition) is 4. The topological polar surface area (TPSA) is 84.9 Å². The van der Waals surface area contributed by atoms with Crippen LogP contribution in [0.15, 0.2) is 42.5 Å². The van der Waals surface area contributed by atoms with Gasteiger partial charge in [-0.1, -0.05) is 18.2 Å². The van der Waals surface area contributed by atoms with Crippen molar-refractivity contribution in [1.82, 2.24) is 5.32 Å². The predicted octanol–water partition coefficient (Wildman–Crippen LogP) is 3.11. The molecule has 0 bridgehead atoms. The minimum atomic E-state index is -1.29. The summed E-state index contributed by atoms with van der Waals surface area (Å²) in [7, 11) is 1.60. The van der Waals surface area contributed by atoms with E-state index in [1.165, 1.54) is 31.2 Å². The van der Waals surface area contributed by atoms with Gasteiger partial charge in [-0.2, -0.15) is 0 Å². The van der Waals surface area contributed by atoms with Crippen LogP contribution < -0.4 is 10.1 Å². The van der Waals surface area contributed by atoms with E-state index in [9.17, 15) is 19.1 Å². The maximum Gasteiger partial charge on any atom is 0.330 e. The molecular formula is C20H22FNO5. The van der Waals surface area contributed by atoms with Gasteiger partial charge in [-0.25, -0.2) is 9.18 Å². The van der Waals surface area contributed by atoms with Gasteiger partial charge in [-0.15, -0.1) is 0 Å². The number of nitrogens with one attached hydrogen (secondary N) is 1. The summed E-state index contributed by atoms with van der Waals surface area (Å²) >= 11 is 0. The lowest BCUT2D eigenvalue weighted by molar-refractivity contribution is -0.139. The molecule has 0 aliphatic carbocycles. The molecule has 0 heterocycles. The molecule has 144 valence electrons. The number of aryl methyl sites for hydroxylation is 1. The van der Waals surface area contributed by atoms with Crippen molar-refractivity contribution in [3.8, 4) is 5.75 Å². The number of carboxylic acid groups (broad SMARTS) is 1. The van der Waals surface area contributed by atoms with E-state index in [2.05, 4.69) is 5.32 Å². The largest absolute Gasteiger partial charge is 0.493 e. The smallest absolute Gasteiger partial charge is 0.330 e. The lowest BCUT2D eigenvalue weighted by atomic mass is 10.0. The van der Waals surface area contributed by atoms with Crippen LogP contribution in [-0.2, 0) is 9.53 Å². The number of methoxy groups -OCH3 is 1. The third-order valence-electron chi connectivity index (χ3n) is 3.90. The average Bonchev–Trinajstić information content (AvgIpc) is 2.65.